The van der Waals surface area contributed by atoms with Gasteiger partial charge in [-0.15, -0.1) is 0 Å². The van der Waals surface area contributed by atoms with Gasteiger partial charge in [0.1, 0.15) is 0 Å². The minimum atomic E-state index is -3.35. The van der Waals surface area contributed by atoms with Gasteiger partial charge in [-0.2, -0.15) is 12.7 Å². The lowest BCUT2D eigenvalue weighted by molar-refractivity contribution is 0.260. The van der Waals surface area contributed by atoms with E-state index in [0.29, 0.717) is 25.6 Å². The molecule has 0 amide bonds. The van der Waals surface area contributed by atoms with Crippen LogP contribution in [0.1, 0.15) is 24.8 Å². The van der Waals surface area contributed by atoms with Crippen LogP contribution in [0, 0.1) is 5.92 Å². The van der Waals surface area contributed by atoms with E-state index in [1.165, 1.54) is 5.56 Å². The monoisotopic (exact) mass is 368 g/mol. The first-order valence-corrected chi connectivity index (χ1v) is 10.6. The normalized spacial score (nSPS) is 19.4. The second-order valence-corrected chi connectivity index (χ2v) is 8.66. The summed E-state index contributed by atoms with van der Waals surface area (Å²) in [6.45, 7) is 4.34. The Balaban J connectivity index is 1.69. The fraction of sp³-hybridized carbons (Fsp3) is 0.667. The van der Waals surface area contributed by atoms with Crippen molar-refractivity contribution in [3.8, 4) is 0 Å². The summed E-state index contributed by atoms with van der Waals surface area (Å²) in [6.07, 6.45) is 2.83. The Kier molecular flexibility index (Phi) is 8.32. The van der Waals surface area contributed by atoms with Crippen molar-refractivity contribution < 1.29 is 8.42 Å². The summed E-state index contributed by atoms with van der Waals surface area (Å²) in [7, 11) is 0.624. The van der Waals surface area contributed by atoms with Crippen LogP contribution in [-0.4, -0.2) is 64.4 Å². The minimum absolute atomic E-state index is 0.410. The number of hydrogen-bond donors (Lipinski definition) is 2. The van der Waals surface area contributed by atoms with E-state index in [1.807, 2.05) is 25.2 Å². The lowest BCUT2D eigenvalue weighted by atomic mass is 10.00. The highest BCUT2D eigenvalue weighted by Crippen LogP contribution is 2.17. The number of rotatable bonds is 10. The summed E-state index contributed by atoms with van der Waals surface area (Å²) < 4.78 is 29.3. The van der Waals surface area contributed by atoms with Gasteiger partial charge in [-0.25, -0.2) is 4.72 Å². The molecule has 0 saturated carbocycles. The third-order valence-electron chi connectivity index (χ3n) is 4.61. The predicted molar refractivity (Wildman–Crippen MR) is 103 cm³/mol. The van der Waals surface area contributed by atoms with Gasteiger partial charge in [0.05, 0.1) is 0 Å². The van der Waals surface area contributed by atoms with Crippen LogP contribution in [-0.2, 0) is 16.8 Å². The number of nitrogens with zero attached hydrogens (tertiary/aromatic N) is 2. The highest BCUT2D eigenvalue weighted by molar-refractivity contribution is 7.87. The Morgan fingerprint density at radius 2 is 2.04 bits per heavy atom. The zero-order valence-corrected chi connectivity index (χ0v) is 16.3. The fourth-order valence-electron chi connectivity index (χ4n) is 3.32. The van der Waals surface area contributed by atoms with Gasteiger partial charge in [-0.05, 0) is 57.9 Å². The molecular formula is C18H32N4O2S. The van der Waals surface area contributed by atoms with Crippen LogP contribution in [0.5, 0.6) is 0 Å². The van der Waals surface area contributed by atoms with Gasteiger partial charge in [0.25, 0.3) is 10.2 Å². The molecule has 1 aromatic carbocycles. The quantitative estimate of drug-likeness (QED) is 0.611. The van der Waals surface area contributed by atoms with Crippen molar-refractivity contribution in [1.82, 2.24) is 19.2 Å². The van der Waals surface area contributed by atoms with Crippen LogP contribution in [0.4, 0.5) is 0 Å². The molecule has 25 heavy (non-hydrogen) atoms. The highest BCUT2D eigenvalue weighted by atomic mass is 32.2. The number of hydrogen-bond acceptors (Lipinski definition) is 4. The Bertz CT molecular complexity index is 592. The fourth-order valence-corrected chi connectivity index (χ4v) is 4.68. The molecule has 1 unspecified atom stereocenters. The Labute approximate surface area is 152 Å². The predicted octanol–water partition coefficient (Wildman–Crippen LogP) is 1.27. The Morgan fingerprint density at radius 3 is 2.76 bits per heavy atom. The highest BCUT2D eigenvalue weighted by Gasteiger charge is 2.28. The maximum Gasteiger partial charge on any atom is 0.279 e. The van der Waals surface area contributed by atoms with Gasteiger partial charge in [0.2, 0.25) is 0 Å². The van der Waals surface area contributed by atoms with E-state index in [1.54, 1.807) is 4.31 Å². The molecule has 0 aliphatic carbocycles. The molecule has 1 heterocycles. The lowest BCUT2D eigenvalue weighted by Gasteiger charge is -2.31. The molecule has 1 saturated heterocycles. The van der Waals surface area contributed by atoms with E-state index < -0.39 is 10.2 Å². The molecule has 1 aromatic rings. The molecule has 0 aromatic heterocycles. The molecular weight excluding hydrogens is 336 g/mol. The summed E-state index contributed by atoms with van der Waals surface area (Å²) in [5.74, 6) is 0.410. The van der Waals surface area contributed by atoms with E-state index in [-0.39, 0.29) is 0 Å². The van der Waals surface area contributed by atoms with Crippen molar-refractivity contribution in [2.75, 3.05) is 46.8 Å². The summed E-state index contributed by atoms with van der Waals surface area (Å²) in [4.78, 5) is 2.22. The van der Waals surface area contributed by atoms with Gasteiger partial charge in [0.15, 0.2) is 0 Å². The van der Waals surface area contributed by atoms with Gasteiger partial charge >= 0.3 is 0 Å². The van der Waals surface area contributed by atoms with E-state index >= 15 is 0 Å². The molecule has 1 aliphatic heterocycles. The van der Waals surface area contributed by atoms with Crippen molar-refractivity contribution in [2.45, 2.75) is 25.8 Å². The first-order chi connectivity index (χ1) is 12.0. The van der Waals surface area contributed by atoms with Crippen LogP contribution in [0.3, 0.4) is 0 Å². The largest absolute Gasteiger partial charge is 0.319 e. The summed E-state index contributed by atoms with van der Waals surface area (Å²) >= 11 is 0. The van der Waals surface area contributed by atoms with E-state index in [0.717, 1.165) is 38.9 Å². The maximum absolute atomic E-state index is 12.5. The molecule has 0 spiro atoms. The van der Waals surface area contributed by atoms with Crippen LogP contribution < -0.4 is 10.0 Å². The maximum atomic E-state index is 12.5. The molecule has 2 rings (SSSR count). The molecule has 7 heteroatoms. The van der Waals surface area contributed by atoms with Crippen LogP contribution in [0.25, 0.3) is 0 Å². The third kappa shape index (κ3) is 7.03. The molecule has 1 aliphatic rings. The number of nitrogens with one attached hydrogen (secondary N) is 2. The summed E-state index contributed by atoms with van der Waals surface area (Å²) in [5, 5.41) is 3.15. The lowest BCUT2D eigenvalue weighted by Crippen LogP contribution is -2.47. The van der Waals surface area contributed by atoms with Gasteiger partial charge in [-0.1, -0.05) is 30.3 Å². The van der Waals surface area contributed by atoms with Crippen LogP contribution in [0.15, 0.2) is 30.3 Å². The van der Waals surface area contributed by atoms with Crippen molar-refractivity contribution in [3.05, 3.63) is 35.9 Å². The topological polar surface area (TPSA) is 64.7 Å². The van der Waals surface area contributed by atoms with Gasteiger partial charge in [0, 0.05) is 26.2 Å². The second kappa shape index (κ2) is 10.2. The first-order valence-electron chi connectivity index (χ1n) is 9.13. The van der Waals surface area contributed by atoms with Crippen LogP contribution in [0.2, 0.25) is 0 Å². The van der Waals surface area contributed by atoms with E-state index in [2.05, 4.69) is 34.1 Å². The number of piperidine rings is 1. The van der Waals surface area contributed by atoms with E-state index in [4.69, 9.17) is 0 Å². The molecule has 2 N–H and O–H groups in total. The smallest absolute Gasteiger partial charge is 0.279 e. The van der Waals surface area contributed by atoms with Crippen LogP contribution >= 0.6 is 0 Å². The third-order valence-corrected chi connectivity index (χ3v) is 6.19. The minimum Gasteiger partial charge on any atom is -0.319 e. The van der Waals surface area contributed by atoms with Crippen molar-refractivity contribution in [2.24, 2.45) is 5.92 Å². The standard InChI is InChI=1S/C18H32N4O2S/c1-19-14-18-10-6-13-22(16-18)25(23,24)20-11-7-12-21(2)15-17-8-4-3-5-9-17/h3-5,8-9,18-20H,6-7,10-16H2,1-2H3. The van der Waals surface area contributed by atoms with Gasteiger partial charge in [-0.3, -0.25) is 0 Å². The Morgan fingerprint density at radius 1 is 1.28 bits per heavy atom. The molecule has 0 bridgehead atoms. The van der Waals surface area contributed by atoms with Crippen molar-refractivity contribution in [1.29, 1.82) is 0 Å². The van der Waals surface area contributed by atoms with Crippen molar-refractivity contribution >= 4 is 10.2 Å². The molecule has 6 nitrogen and oxygen atoms in total. The average Bonchev–Trinajstić information content (AvgIpc) is 2.60. The van der Waals surface area contributed by atoms with Crippen molar-refractivity contribution in [3.63, 3.8) is 0 Å². The SMILES string of the molecule is CNCC1CCCN(S(=O)(=O)NCCCN(C)Cc2ccccc2)C1. The second-order valence-electron chi connectivity index (χ2n) is 6.90. The van der Waals surface area contributed by atoms with E-state index in [9.17, 15) is 8.42 Å². The molecule has 142 valence electrons. The molecule has 0 radical (unpaired) electrons. The summed E-state index contributed by atoms with van der Waals surface area (Å²) in [5.41, 5.74) is 1.27. The first kappa shape index (κ1) is 20.3. The average molecular weight is 369 g/mol. The number of benzene rings is 1. The molecule has 1 atom stereocenters. The zero-order valence-electron chi connectivity index (χ0n) is 15.4. The molecule has 1 fully saturated rings. The Hall–Kier alpha value is -0.990. The zero-order chi connectivity index (χ0) is 18.1. The summed E-state index contributed by atoms with van der Waals surface area (Å²) in [6, 6.07) is 10.3. The van der Waals surface area contributed by atoms with Gasteiger partial charge < -0.3 is 10.2 Å².